The van der Waals surface area contributed by atoms with Crippen LogP contribution in [0.4, 0.5) is 0 Å². The number of hydrogen-bond acceptors (Lipinski definition) is 1. The van der Waals surface area contributed by atoms with Crippen LogP contribution in [0.2, 0.25) is 0 Å². The molecule has 0 bridgehead atoms. The van der Waals surface area contributed by atoms with Crippen LogP contribution in [0.1, 0.15) is 75.2 Å². The lowest BCUT2D eigenvalue weighted by Gasteiger charge is -2.00. The van der Waals surface area contributed by atoms with Crippen molar-refractivity contribution in [1.29, 1.82) is 0 Å². The maximum absolute atomic E-state index is 4.78. The second-order valence-electron chi connectivity index (χ2n) is 6.31. The number of aromatic nitrogens is 2. The van der Waals surface area contributed by atoms with Crippen LogP contribution in [0.3, 0.4) is 0 Å². The minimum absolute atomic E-state index is 1.09. The molecule has 0 aliphatic carbocycles. The van der Waals surface area contributed by atoms with Crippen LogP contribution < -0.4 is 0 Å². The van der Waals surface area contributed by atoms with Crippen molar-refractivity contribution in [1.82, 2.24) is 9.97 Å². The number of hydrogen-bond donors (Lipinski definition) is 1. The summed E-state index contributed by atoms with van der Waals surface area (Å²) >= 11 is 0. The molecule has 0 unspecified atom stereocenters. The van der Waals surface area contributed by atoms with E-state index in [0.717, 1.165) is 17.8 Å². The molecule has 0 aliphatic rings. The zero-order valence-electron chi connectivity index (χ0n) is 14.0. The van der Waals surface area contributed by atoms with Crippen LogP contribution in [0.15, 0.2) is 12.1 Å². The highest BCUT2D eigenvalue weighted by molar-refractivity contribution is 5.79. The van der Waals surface area contributed by atoms with Crippen LogP contribution in [-0.2, 0) is 6.42 Å². The molecule has 0 amide bonds. The van der Waals surface area contributed by atoms with Crippen LogP contribution in [0.5, 0.6) is 0 Å². The number of fused-ring (bicyclic) bond motifs is 1. The summed E-state index contributed by atoms with van der Waals surface area (Å²) in [6.45, 7) is 6.59. The maximum Gasteiger partial charge on any atom is 0.107 e. The summed E-state index contributed by atoms with van der Waals surface area (Å²) in [5, 5.41) is 0. The Kier molecular flexibility index (Phi) is 6.28. The van der Waals surface area contributed by atoms with Crippen LogP contribution in [0, 0.1) is 13.8 Å². The second kappa shape index (κ2) is 8.21. The molecule has 2 aromatic rings. The monoisotopic (exact) mass is 286 g/mol. The number of aromatic amines is 1. The van der Waals surface area contributed by atoms with Crippen molar-refractivity contribution in [3.8, 4) is 0 Å². The first kappa shape index (κ1) is 16.1. The third-order valence-corrected chi connectivity index (χ3v) is 4.49. The van der Waals surface area contributed by atoms with Gasteiger partial charge < -0.3 is 4.98 Å². The van der Waals surface area contributed by atoms with Gasteiger partial charge in [-0.15, -0.1) is 0 Å². The van der Waals surface area contributed by atoms with Gasteiger partial charge >= 0.3 is 0 Å². The zero-order chi connectivity index (χ0) is 15.1. The van der Waals surface area contributed by atoms with E-state index in [-0.39, 0.29) is 0 Å². The summed E-state index contributed by atoms with van der Waals surface area (Å²) in [5.41, 5.74) is 4.98. The summed E-state index contributed by atoms with van der Waals surface area (Å²) in [4.78, 5) is 8.25. The first-order valence-corrected chi connectivity index (χ1v) is 8.67. The molecule has 2 heteroatoms. The van der Waals surface area contributed by atoms with Crippen molar-refractivity contribution < 1.29 is 0 Å². The van der Waals surface area contributed by atoms with Gasteiger partial charge in [-0.2, -0.15) is 0 Å². The molecule has 0 spiro atoms. The molecule has 0 radical (unpaired) electrons. The van der Waals surface area contributed by atoms with E-state index in [4.69, 9.17) is 4.98 Å². The minimum atomic E-state index is 1.09. The van der Waals surface area contributed by atoms with Crippen LogP contribution in [0.25, 0.3) is 11.0 Å². The summed E-state index contributed by atoms with van der Waals surface area (Å²) in [7, 11) is 0. The highest BCUT2D eigenvalue weighted by Crippen LogP contribution is 2.20. The van der Waals surface area contributed by atoms with E-state index >= 15 is 0 Å². The summed E-state index contributed by atoms with van der Waals surface area (Å²) < 4.78 is 0. The van der Waals surface area contributed by atoms with Gasteiger partial charge in [-0.3, -0.25) is 0 Å². The fourth-order valence-electron chi connectivity index (χ4n) is 2.91. The topological polar surface area (TPSA) is 28.7 Å². The first-order valence-electron chi connectivity index (χ1n) is 8.67. The molecule has 0 atom stereocenters. The number of aryl methyl sites for hydroxylation is 3. The van der Waals surface area contributed by atoms with Gasteiger partial charge in [0.2, 0.25) is 0 Å². The maximum atomic E-state index is 4.78. The Hall–Kier alpha value is -1.31. The van der Waals surface area contributed by atoms with Crippen molar-refractivity contribution in [2.75, 3.05) is 0 Å². The number of imidazole rings is 1. The van der Waals surface area contributed by atoms with E-state index in [1.54, 1.807) is 0 Å². The summed E-state index contributed by atoms with van der Waals surface area (Å²) in [6, 6.07) is 4.33. The van der Waals surface area contributed by atoms with Crippen molar-refractivity contribution in [3.63, 3.8) is 0 Å². The summed E-state index contributed by atoms with van der Waals surface area (Å²) in [6.07, 6.45) is 12.0. The Bertz CT molecular complexity index is 554. The number of benzene rings is 1. The predicted molar refractivity (Wildman–Crippen MR) is 91.9 cm³/mol. The standard InChI is InChI=1S/C19H30N2/c1-4-5-6-7-8-9-10-11-12-18-20-17-14-13-15(2)16(3)19(17)21-18/h13-14H,4-12H2,1-3H3,(H,20,21). The van der Waals surface area contributed by atoms with Gasteiger partial charge in [-0.05, 0) is 37.5 Å². The lowest BCUT2D eigenvalue weighted by Crippen LogP contribution is -1.89. The predicted octanol–water partition coefficient (Wildman–Crippen LogP) is 5.86. The lowest BCUT2D eigenvalue weighted by atomic mass is 10.1. The highest BCUT2D eigenvalue weighted by atomic mass is 14.9. The molecule has 0 saturated heterocycles. The normalized spacial score (nSPS) is 11.4. The molecule has 2 nitrogen and oxygen atoms in total. The van der Waals surface area contributed by atoms with E-state index in [1.165, 1.54) is 68.0 Å². The quantitative estimate of drug-likeness (QED) is 0.574. The number of nitrogens with one attached hydrogen (secondary N) is 1. The van der Waals surface area contributed by atoms with Gasteiger partial charge in [0, 0.05) is 6.42 Å². The van der Waals surface area contributed by atoms with Gasteiger partial charge in [-0.25, -0.2) is 4.98 Å². The largest absolute Gasteiger partial charge is 0.342 e. The van der Waals surface area contributed by atoms with E-state index in [0.29, 0.717) is 0 Å². The molecular weight excluding hydrogens is 256 g/mol. The van der Waals surface area contributed by atoms with E-state index in [1.807, 2.05) is 0 Å². The van der Waals surface area contributed by atoms with Gasteiger partial charge in [0.25, 0.3) is 0 Å². The third kappa shape index (κ3) is 4.59. The smallest absolute Gasteiger partial charge is 0.107 e. The molecule has 21 heavy (non-hydrogen) atoms. The molecule has 2 rings (SSSR count). The molecule has 1 aromatic carbocycles. The molecule has 1 aromatic heterocycles. The van der Waals surface area contributed by atoms with Crippen molar-refractivity contribution in [2.45, 2.75) is 78.6 Å². The number of rotatable bonds is 9. The van der Waals surface area contributed by atoms with Crippen molar-refractivity contribution in [2.24, 2.45) is 0 Å². The van der Waals surface area contributed by atoms with Crippen LogP contribution in [-0.4, -0.2) is 9.97 Å². The number of H-pyrrole nitrogens is 1. The molecule has 0 fully saturated rings. The minimum Gasteiger partial charge on any atom is -0.342 e. The van der Waals surface area contributed by atoms with Crippen molar-refractivity contribution >= 4 is 11.0 Å². The number of unbranched alkanes of at least 4 members (excludes halogenated alkanes) is 7. The number of nitrogens with zero attached hydrogens (tertiary/aromatic N) is 1. The van der Waals surface area contributed by atoms with E-state index in [2.05, 4.69) is 37.9 Å². The Labute approximate surface area is 129 Å². The van der Waals surface area contributed by atoms with Gasteiger partial charge in [-0.1, -0.05) is 57.9 Å². The summed E-state index contributed by atoms with van der Waals surface area (Å²) in [5.74, 6) is 1.16. The third-order valence-electron chi connectivity index (χ3n) is 4.49. The Balaban J connectivity index is 1.73. The van der Waals surface area contributed by atoms with Crippen molar-refractivity contribution in [3.05, 3.63) is 29.1 Å². The Morgan fingerprint density at radius 1 is 0.905 bits per heavy atom. The fourth-order valence-corrected chi connectivity index (χ4v) is 2.91. The Morgan fingerprint density at radius 2 is 1.57 bits per heavy atom. The first-order chi connectivity index (χ1) is 10.2. The van der Waals surface area contributed by atoms with E-state index in [9.17, 15) is 0 Å². The van der Waals surface area contributed by atoms with Gasteiger partial charge in [0.15, 0.2) is 0 Å². The average molecular weight is 286 g/mol. The molecule has 1 N–H and O–H groups in total. The Morgan fingerprint density at radius 3 is 2.29 bits per heavy atom. The fraction of sp³-hybridized carbons (Fsp3) is 0.632. The highest BCUT2D eigenvalue weighted by Gasteiger charge is 2.06. The van der Waals surface area contributed by atoms with Gasteiger partial charge in [0.05, 0.1) is 11.0 Å². The second-order valence-corrected chi connectivity index (χ2v) is 6.31. The van der Waals surface area contributed by atoms with Gasteiger partial charge in [0.1, 0.15) is 5.82 Å². The molecule has 0 aliphatic heterocycles. The molecule has 0 saturated carbocycles. The SMILES string of the molecule is CCCCCCCCCCc1nc2c(C)c(C)ccc2[nH]1. The average Bonchev–Trinajstić information content (AvgIpc) is 2.90. The zero-order valence-corrected chi connectivity index (χ0v) is 14.0. The van der Waals surface area contributed by atoms with E-state index < -0.39 is 0 Å². The molecule has 116 valence electrons. The lowest BCUT2D eigenvalue weighted by molar-refractivity contribution is 0.573. The molecular formula is C19H30N2. The van der Waals surface area contributed by atoms with Crippen LogP contribution >= 0.6 is 0 Å². The molecule has 1 heterocycles.